The molecule has 0 spiro atoms. The molecule has 3 saturated heterocycles. The number of sulfonamides is 1. The molecule has 178 valence electrons. The standard InChI is InChI=1S/C24H37N3O4S/c1-18-8-4-5-13-27(18)32(29,30)23-11-6-9-21(14-23)24(28)26-12-7-10-22(26)17-25-15-19(2)31-20(3)16-25/h6,9,11,14,18-20,22H,4-5,7-8,10,12-13,15-17H2,1-3H3. The second-order valence-corrected chi connectivity index (χ2v) is 11.6. The molecule has 8 heteroatoms. The molecule has 1 aromatic rings. The van der Waals surface area contributed by atoms with Crippen molar-refractivity contribution in [2.45, 2.75) is 82.1 Å². The van der Waals surface area contributed by atoms with E-state index in [1.165, 1.54) is 0 Å². The Bertz CT molecular complexity index is 912. The summed E-state index contributed by atoms with van der Waals surface area (Å²) < 4.78 is 34.0. The van der Waals surface area contributed by atoms with Crippen molar-refractivity contribution in [3.63, 3.8) is 0 Å². The molecule has 3 fully saturated rings. The zero-order valence-corrected chi connectivity index (χ0v) is 20.4. The van der Waals surface area contributed by atoms with Crippen LogP contribution in [0.3, 0.4) is 0 Å². The summed E-state index contributed by atoms with van der Waals surface area (Å²) in [7, 11) is -3.60. The van der Waals surface area contributed by atoms with Gasteiger partial charge in [-0.05, 0) is 64.7 Å². The lowest BCUT2D eigenvalue weighted by molar-refractivity contribution is -0.0715. The molecule has 1 aromatic carbocycles. The summed E-state index contributed by atoms with van der Waals surface area (Å²) in [6, 6.07) is 6.79. The summed E-state index contributed by atoms with van der Waals surface area (Å²) in [4.78, 5) is 18.0. The van der Waals surface area contributed by atoms with E-state index in [1.54, 1.807) is 28.6 Å². The van der Waals surface area contributed by atoms with E-state index in [9.17, 15) is 13.2 Å². The Morgan fingerprint density at radius 2 is 1.78 bits per heavy atom. The fourth-order valence-electron chi connectivity index (χ4n) is 5.54. The fourth-order valence-corrected chi connectivity index (χ4v) is 7.29. The number of ether oxygens (including phenoxy) is 1. The molecule has 3 aliphatic heterocycles. The van der Waals surface area contributed by atoms with Crippen LogP contribution < -0.4 is 0 Å². The van der Waals surface area contributed by atoms with Gasteiger partial charge < -0.3 is 9.64 Å². The summed E-state index contributed by atoms with van der Waals surface area (Å²) in [5.41, 5.74) is 0.464. The quantitative estimate of drug-likeness (QED) is 0.672. The largest absolute Gasteiger partial charge is 0.373 e. The number of hydrogen-bond acceptors (Lipinski definition) is 5. The molecule has 0 radical (unpaired) electrons. The lowest BCUT2D eigenvalue weighted by Gasteiger charge is -2.38. The number of morpholine rings is 1. The van der Waals surface area contributed by atoms with Gasteiger partial charge in [0.2, 0.25) is 10.0 Å². The number of nitrogens with zero attached hydrogens (tertiary/aromatic N) is 3. The zero-order chi connectivity index (χ0) is 22.9. The molecular weight excluding hydrogens is 426 g/mol. The zero-order valence-electron chi connectivity index (χ0n) is 19.6. The van der Waals surface area contributed by atoms with Crippen LogP contribution in [-0.2, 0) is 14.8 Å². The minimum atomic E-state index is -3.60. The number of carbonyl (C=O) groups is 1. The third-order valence-electron chi connectivity index (χ3n) is 7.03. The van der Waals surface area contributed by atoms with Crippen molar-refractivity contribution in [1.29, 1.82) is 0 Å². The molecule has 3 heterocycles. The van der Waals surface area contributed by atoms with Crippen molar-refractivity contribution in [2.75, 3.05) is 32.7 Å². The van der Waals surface area contributed by atoms with Crippen molar-refractivity contribution in [3.8, 4) is 0 Å². The first-order valence-corrected chi connectivity index (χ1v) is 13.5. The summed E-state index contributed by atoms with van der Waals surface area (Å²) >= 11 is 0. The van der Waals surface area contributed by atoms with Crippen LogP contribution in [0.25, 0.3) is 0 Å². The molecule has 3 aliphatic rings. The minimum absolute atomic E-state index is 0.00521. The Hall–Kier alpha value is -1.48. The molecule has 4 rings (SSSR count). The molecule has 1 amide bonds. The Balaban J connectivity index is 1.49. The number of piperidine rings is 1. The highest BCUT2D eigenvalue weighted by atomic mass is 32.2. The topological polar surface area (TPSA) is 70.2 Å². The second kappa shape index (κ2) is 9.79. The van der Waals surface area contributed by atoms with Crippen molar-refractivity contribution < 1.29 is 17.9 Å². The molecule has 0 N–H and O–H groups in total. The van der Waals surface area contributed by atoms with Crippen molar-refractivity contribution in [3.05, 3.63) is 29.8 Å². The lowest BCUT2D eigenvalue weighted by Crippen LogP contribution is -2.50. The number of benzene rings is 1. The SMILES string of the molecule is CC1CN(CC2CCCN2C(=O)c2cccc(S(=O)(=O)N3CCCCC3C)c2)CC(C)O1. The highest BCUT2D eigenvalue weighted by Crippen LogP contribution is 2.27. The van der Waals surface area contributed by atoms with Gasteiger partial charge >= 0.3 is 0 Å². The summed E-state index contributed by atoms with van der Waals surface area (Å²) in [6.07, 6.45) is 5.18. The van der Waals surface area contributed by atoms with Crippen LogP contribution >= 0.6 is 0 Å². The van der Waals surface area contributed by atoms with Crippen LogP contribution in [0, 0.1) is 0 Å². The first-order chi connectivity index (χ1) is 15.3. The molecule has 4 unspecified atom stereocenters. The normalized spacial score (nSPS) is 30.5. The van der Waals surface area contributed by atoms with E-state index in [0.29, 0.717) is 12.1 Å². The van der Waals surface area contributed by atoms with Crippen molar-refractivity contribution in [2.24, 2.45) is 0 Å². The smallest absolute Gasteiger partial charge is 0.254 e. The number of amides is 1. The number of rotatable bonds is 5. The Morgan fingerprint density at radius 1 is 1.03 bits per heavy atom. The number of hydrogen-bond donors (Lipinski definition) is 0. The first kappa shape index (κ1) is 23.7. The van der Waals surface area contributed by atoms with Gasteiger partial charge in [0, 0.05) is 50.4 Å². The molecule has 0 bridgehead atoms. The molecule has 32 heavy (non-hydrogen) atoms. The summed E-state index contributed by atoms with van der Waals surface area (Å²) in [5, 5.41) is 0. The van der Waals surface area contributed by atoms with Crippen LogP contribution in [-0.4, -0.2) is 85.4 Å². The van der Waals surface area contributed by atoms with E-state index in [4.69, 9.17) is 4.74 Å². The predicted molar refractivity (Wildman–Crippen MR) is 124 cm³/mol. The van der Waals surface area contributed by atoms with Crippen LogP contribution in [0.15, 0.2) is 29.2 Å². The van der Waals surface area contributed by atoms with Crippen LogP contribution in [0.1, 0.15) is 63.2 Å². The Labute approximate surface area is 192 Å². The number of carbonyl (C=O) groups excluding carboxylic acids is 1. The Kier molecular flexibility index (Phi) is 7.24. The van der Waals surface area contributed by atoms with Crippen molar-refractivity contribution >= 4 is 15.9 Å². The molecule has 0 aliphatic carbocycles. The summed E-state index contributed by atoms with van der Waals surface area (Å²) in [5.74, 6) is -0.0643. The average molecular weight is 464 g/mol. The lowest BCUT2D eigenvalue weighted by atomic mass is 10.1. The van der Waals surface area contributed by atoms with Gasteiger partial charge in [-0.25, -0.2) is 8.42 Å². The number of likely N-dealkylation sites (tertiary alicyclic amines) is 1. The van der Waals surface area contributed by atoms with E-state index >= 15 is 0 Å². The Morgan fingerprint density at radius 3 is 2.50 bits per heavy atom. The van der Waals surface area contributed by atoms with E-state index in [-0.39, 0.29) is 35.1 Å². The maximum Gasteiger partial charge on any atom is 0.254 e. The predicted octanol–water partition coefficient (Wildman–Crippen LogP) is 2.96. The molecule has 0 aromatic heterocycles. The van der Waals surface area contributed by atoms with Gasteiger partial charge in [-0.1, -0.05) is 12.5 Å². The van der Waals surface area contributed by atoms with Crippen LogP contribution in [0.2, 0.25) is 0 Å². The maximum atomic E-state index is 13.4. The molecule has 0 saturated carbocycles. The minimum Gasteiger partial charge on any atom is -0.373 e. The van der Waals surface area contributed by atoms with E-state index in [1.807, 2.05) is 11.8 Å². The maximum absolute atomic E-state index is 13.4. The second-order valence-electron chi connectivity index (χ2n) is 9.76. The van der Waals surface area contributed by atoms with Gasteiger partial charge in [-0.3, -0.25) is 9.69 Å². The van der Waals surface area contributed by atoms with Gasteiger partial charge in [-0.2, -0.15) is 4.31 Å². The van der Waals surface area contributed by atoms with Gasteiger partial charge in [-0.15, -0.1) is 0 Å². The first-order valence-electron chi connectivity index (χ1n) is 12.1. The van der Waals surface area contributed by atoms with Gasteiger partial charge in [0.05, 0.1) is 17.1 Å². The highest BCUT2D eigenvalue weighted by molar-refractivity contribution is 7.89. The highest BCUT2D eigenvalue weighted by Gasteiger charge is 2.34. The van der Waals surface area contributed by atoms with E-state index < -0.39 is 10.0 Å². The van der Waals surface area contributed by atoms with Crippen LogP contribution in [0.5, 0.6) is 0 Å². The third kappa shape index (κ3) is 5.03. The molecular formula is C24H37N3O4S. The van der Waals surface area contributed by atoms with Gasteiger partial charge in [0.1, 0.15) is 0 Å². The average Bonchev–Trinajstić information content (AvgIpc) is 3.20. The van der Waals surface area contributed by atoms with Gasteiger partial charge in [0.25, 0.3) is 5.91 Å². The van der Waals surface area contributed by atoms with Gasteiger partial charge in [0.15, 0.2) is 0 Å². The summed E-state index contributed by atoms with van der Waals surface area (Å²) in [6.45, 7) is 10.0. The van der Waals surface area contributed by atoms with E-state index in [0.717, 1.165) is 58.3 Å². The molecule has 7 nitrogen and oxygen atoms in total. The fraction of sp³-hybridized carbons (Fsp3) is 0.708. The van der Waals surface area contributed by atoms with Crippen LogP contribution in [0.4, 0.5) is 0 Å². The van der Waals surface area contributed by atoms with E-state index in [2.05, 4.69) is 18.7 Å². The monoisotopic (exact) mass is 463 g/mol. The third-order valence-corrected chi connectivity index (χ3v) is 9.04. The van der Waals surface area contributed by atoms with Crippen molar-refractivity contribution in [1.82, 2.24) is 14.1 Å². The molecule has 4 atom stereocenters.